The van der Waals surface area contributed by atoms with Crippen molar-refractivity contribution in [2.24, 2.45) is 0 Å². The first kappa shape index (κ1) is 14.2. The maximum atomic E-state index is 5.70. The van der Waals surface area contributed by atoms with E-state index in [0.717, 1.165) is 13.1 Å². The lowest BCUT2D eigenvalue weighted by Crippen LogP contribution is -2.22. The van der Waals surface area contributed by atoms with E-state index in [2.05, 4.69) is 34.1 Å². The normalized spacial score (nSPS) is 14.4. The lowest BCUT2D eigenvalue weighted by molar-refractivity contribution is 0.717. The van der Waals surface area contributed by atoms with Crippen molar-refractivity contribution in [3.8, 4) is 0 Å². The van der Waals surface area contributed by atoms with E-state index in [1.807, 2.05) is 6.20 Å². The topological polar surface area (TPSA) is 42.1 Å². The highest BCUT2D eigenvalue weighted by atomic mass is 35.5. The van der Waals surface area contributed by atoms with Gasteiger partial charge in [-0.15, -0.1) is 23.7 Å². The molecule has 2 N–H and O–H groups in total. The third-order valence-corrected chi connectivity index (χ3v) is 4.19. The molecular formula is C14H18ClN3S. The zero-order valence-electron chi connectivity index (χ0n) is 10.7. The van der Waals surface area contributed by atoms with Gasteiger partial charge in [0.05, 0.1) is 6.54 Å². The van der Waals surface area contributed by atoms with Crippen molar-refractivity contribution in [3.05, 3.63) is 40.9 Å². The maximum Gasteiger partial charge on any atom is 0.180 e. The van der Waals surface area contributed by atoms with Crippen molar-refractivity contribution in [2.75, 3.05) is 17.2 Å². The van der Waals surface area contributed by atoms with Crippen LogP contribution in [0.3, 0.4) is 0 Å². The Labute approximate surface area is 123 Å². The number of anilines is 2. The molecule has 5 heteroatoms. The van der Waals surface area contributed by atoms with Gasteiger partial charge in [-0.1, -0.05) is 18.2 Å². The summed E-state index contributed by atoms with van der Waals surface area (Å²) < 4.78 is 0. The molecule has 0 saturated carbocycles. The lowest BCUT2D eigenvalue weighted by Gasteiger charge is -2.24. The van der Waals surface area contributed by atoms with E-state index >= 15 is 0 Å². The summed E-state index contributed by atoms with van der Waals surface area (Å²) in [4.78, 5) is 7.82. The van der Waals surface area contributed by atoms with Gasteiger partial charge in [0, 0.05) is 23.3 Å². The minimum atomic E-state index is 0. The van der Waals surface area contributed by atoms with Gasteiger partial charge in [0.1, 0.15) is 0 Å². The molecule has 0 bridgehead atoms. The number of rotatable bonds is 2. The Balaban J connectivity index is 0.00000133. The first-order valence-electron chi connectivity index (χ1n) is 6.36. The van der Waals surface area contributed by atoms with Crippen molar-refractivity contribution < 1.29 is 0 Å². The van der Waals surface area contributed by atoms with E-state index in [1.165, 1.54) is 35.4 Å². The van der Waals surface area contributed by atoms with Gasteiger partial charge in [-0.25, -0.2) is 4.98 Å². The van der Waals surface area contributed by atoms with Crippen LogP contribution >= 0.6 is 23.7 Å². The third kappa shape index (κ3) is 3.19. The van der Waals surface area contributed by atoms with E-state index in [9.17, 15) is 0 Å². The molecule has 1 aliphatic rings. The van der Waals surface area contributed by atoms with Crippen LogP contribution < -0.4 is 10.6 Å². The molecule has 3 nitrogen and oxygen atoms in total. The van der Waals surface area contributed by atoms with Crippen LogP contribution in [-0.2, 0) is 13.0 Å². The summed E-state index contributed by atoms with van der Waals surface area (Å²) in [6, 6.07) is 8.73. The Morgan fingerprint density at radius 3 is 2.89 bits per heavy atom. The van der Waals surface area contributed by atoms with Crippen LogP contribution in [0.15, 0.2) is 30.5 Å². The predicted octanol–water partition coefficient (Wildman–Crippen LogP) is 3.49. The molecule has 0 unspecified atom stereocenters. The van der Waals surface area contributed by atoms with E-state index < -0.39 is 0 Å². The van der Waals surface area contributed by atoms with Gasteiger partial charge in [-0.05, 0) is 30.9 Å². The molecule has 2 heterocycles. The third-order valence-electron chi connectivity index (χ3n) is 3.37. The summed E-state index contributed by atoms with van der Waals surface area (Å²) in [5.41, 5.74) is 8.54. The Morgan fingerprint density at radius 2 is 2.11 bits per heavy atom. The van der Waals surface area contributed by atoms with Gasteiger partial charge in [0.15, 0.2) is 5.13 Å². The Bertz CT molecular complexity index is 541. The largest absolute Gasteiger partial charge is 0.375 e. The molecule has 0 spiro atoms. The summed E-state index contributed by atoms with van der Waals surface area (Å²) in [7, 11) is 0. The van der Waals surface area contributed by atoms with Gasteiger partial charge in [-0.2, -0.15) is 0 Å². The lowest BCUT2D eigenvalue weighted by atomic mass is 10.1. The summed E-state index contributed by atoms with van der Waals surface area (Å²) in [6.07, 6.45) is 5.62. The number of hydrogen-bond donors (Lipinski definition) is 1. The molecule has 0 atom stereocenters. The van der Waals surface area contributed by atoms with Crippen LogP contribution in [-0.4, -0.2) is 11.5 Å². The monoisotopic (exact) mass is 295 g/mol. The van der Waals surface area contributed by atoms with Crippen LogP contribution in [0.5, 0.6) is 0 Å². The first-order chi connectivity index (χ1) is 8.83. The molecule has 19 heavy (non-hydrogen) atoms. The van der Waals surface area contributed by atoms with Crippen LogP contribution in [0.1, 0.15) is 23.3 Å². The van der Waals surface area contributed by atoms with E-state index in [0.29, 0.717) is 5.13 Å². The average molecular weight is 296 g/mol. The van der Waals surface area contributed by atoms with Crippen molar-refractivity contribution >= 4 is 34.6 Å². The summed E-state index contributed by atoms with van der Waals surface area (Å²) >= 11 is 1.59. The first-order valence-corrected chi connectivity index (χ1v) is 7.17. The van der Waals surface area contributed by atoms with Gasteiger partial charge in [0.25, 0.3) is 0 Å². The van der Waals surface area contributed by atoms with Crippen LogP contribution in [0.2, 0.25) is 0 Å². The summed E-state index contributed by atoms with van der Waals surface area (Å²) in [5, 5.41) is 0.660. The fourth-order valence-corrected chi connectivity index (χ4v) is 3.22. The van der Waals surface area contributed by atoms with Crippen LogP contribution in [0, 0.1) is 0 Å². The van der Waals surface area contributed by atoms with Crippen LogP contribution in [0.25, 0.3) is 0 Å². The molecule has 1 aromatic carbocycles. The standard InChI is InChI=1S/C14H17N3S.ClH/c15-14-16-9-12(18-14)10-17-8-4-3-6-11-5-1-2-7-13(11)17;/h1-2,5,7,9H,3-4,6,8,10H2,(H2,15,16);1H. The molecule has 0 saturated heterocycles. The molecule has 0 aliphatic carbocycles. The fourth-order valence-electron chi connectivity index (χ4n) is 2.52. The second kappa shape index (κ2) is 6.26. The molecule has 3 rings (SSSR count). The van der Waals surface area contributed by atoms with Gasteiger partial charge in [-0.3, -0.25) is 0 Å². The van der Waals surface area contributed by atoms with Crippen molar-refractivity contribution in [1.29, 1.82) is 0 Å². The van der Waals surface area contributed by atoms with E-state index in [4.69, 9.17) is 5.73 Å². The molecule has 1 aliphatic heterocycles. The van der Waals surface area contributed by atoms with Gasteiger partial charge < -0.3 is 10.6 Å². The number of nitrogens with zero attached hydrogens (tertiary/aromatic N) is 2. The minimum Gasteiger partial charge on any atom is -0.375 e. The maximum absolute atomic E-state index is 5.70. The number of nitrogen functional groups attached to an aromatic ring is 1. The highest BCUT2D eigenvalue weighted by Gasteiger charge is 2.15. The number of para-hydroxylation sites is 1. The molecular weight excluding hydrogens is 278 g/mol. The number of hydrogen-bond acceptors (Lipinski definition) is 4. The highest BCUT2D eigenvalue weighted by Crippen LogP contribution is 2.28. The minimum absolute atomic E-state index is 0. The number of nitrogens with two attached hydrogens (primary N) is 1. The van der Waals surface area contributed by atoms with Crippen LogP contribution in [0.4, 0.5) is 10.8 Å². The number of halogens is 1. The predicted molar refractivity (Wildman–Crippen MR) is 84.2 cm³/mol. The van der Waals surface area contributed by atoms with Crippen molar-refractivity contribution in [3.63, 3.8) is 0 Å². The number of thiazole rings is 1. The fraction of sp³-hybridized carbons (Fsp3) is 0.357. The molecule has 2 aromatic rings. The number of benzene rings is 1. The Kier molecular flexibility index (Phi) is 4.66. The molecule has 1 aromatic heterocycles. The number of fused-ring (bicyclic) bond motifs is 1. The van der Waals surface area contributed by atoms with Crippen molar-refractivity contribution in [2.45, 2.75) is 25.8 Å². The Hall–Kier alpha value is -1.26. The van der Waals surface area contributed by atoms with Gasteiger partial charge >= 0.3 is 0 Å². The second-order valence-electron chi connectivity index (χ2n) is 4.67. The quantitative estimate of drug-likeness (QED) is 0.922. The summed E-state index contributed by atoms with van der Waals surface area (Å²) in [6.45, 7) is 2.04. The molecule has 0 fully saturated rings. The second-order valence-corrected chi connectivity index (χ2v) is 5.82. The summed E-state index contributed by atoms with van der Waals surface area (Å²) in [5.74, 6) is 0. The SMILES string of the molecule is Cl.Nc1ncc(CN2CCCCc3ccccc32)s1. The van der Waals surface area contributed by atoms with E-state index in [1.54, 1.807) is 11.3 Å². The van der Waals surface area contributed by atoms with Gasteiger partial charge in [0.2, 0.25) is 0 Å². The zero-order chi connectivity index (χ0) is 12.4. The van der Waals surface area contributed by atoms with Crippen molar-refractivity contribution in [1.82, 2.24) is 4.98 Å². The smallest absolute Gasteiger partial charge is 0.180 e. The molecule has 0 amide bonds. The molecule has 102 valence electrons. The van der Waals surface area contributed by atoms with E-state index in [-0.39, 0.29) is 12.4 Å². The zero-order valence-corrected chi connectivity index (χ0v) is 12.3. The highest BCUT2D eigenvalue weighted by molar-refractivity contribution is 7.15. The molecule has 0 radical (unpaired) electrons. The average Bonchev–Trinajstić information content (AvgIpc) is 2.68. The number of aromatic nitrogens is 1. The Morgan fingerprint density at radius 1 is 1.26 bits per heavy atom. The number of aryl methyl sites for hydroxylation is 1.